The number of carbonyl (C=O) groups is 1. The lowest BCUT2D eigenvalue weighted by atomic mass is 9.55. The van der Waals surface area contributed by atoms with E-state index in [4.69, 9.17) is 4.74 Å². The van der Waals surface area contributed by atoms with Gasteiger partial charge >= 0.3 is 5.97 Å². The first-order chi connectivity index (χ1) is 15.3. The molecule has 1 saturated carbocycles. The maximum atomic E-state index is 13.0. The maximum Gasteiger partial charge on any atom is 0.311 e. The van der Waals surface area contributed by atoms with Crippen LogP contribution >= 0.6 is 0 Å². The molecule has 1 N–H and O–H groups in total. The normalized spacial score (nSPS) is 39.8. The molecule has 5 rings (SSSR count). The number of carbonyl (C=O) groups excluding carboxylic acids is 1. The largest absolute Gasteiger partial charge is 0.461 e. The van der Waals surface area contributed by atoms with E-state index in [1.54, 1.807) is 0 Å². The van der Waals surface area contributed by atoms with Gasteiger partial charge in [0.1, 0.15) is 6.10 Å². The van der Waals surface area contributed by atoms with E-state index in [0.29, 0.717) is 18.5 Å². The average Bonchev–Trinajstić information content (AvgIpc) is 3.05. The number of rotatable bonds is 3. The first-order valence-electron chi connectivity index (χ1n) is 12.4. The van der Waals surface area contributed by atoms with Gasteiger partial charge in [-0.1, -0.05) is 37.6 Å². The first-order valence-corrected chi connectivity index (χ1v) is 12.4. The summed E-state index contributed by atoms with van der Waals surface area (Å²) in [5, 5.41) is 11.6. The molecule has 0 spiro atoms. The van der Waals surface area contributed by atoms with Crippen molar-refractivity contribution in [1.82, 2.24) is 4.90 Å². The Hall–Kier alpha value is -1.85. The fourth-order valence-electron chi connectivity index (χ4n) is 6.94. The molecule has 5 nitrogen and oxygen atoms in total. The number of anilines is 1. The molecule has 1 aromatic rings. The summed E-state index contributed by atoms with van der Waals surface area (Å²) in [5.41, 5.74) is 3.63. The van der Waals surface area contributed by atoms with Crippen LogP contribution in [0.1, 0.15) is 45.6 Å². The minimum absolute atomic E-state index is 0.102. The van der Waals surface area contributed by atoms with E-state index in [2.05, 4.69) is 67.8 Å². The third-order valence-corrected chi connectivity index (χ3v) is 9.07. The van der Waals surface area contributed by atoms with E-state index in [1.165, 1.54) is 16.8 Å². The van der Waals surface area contributed by atoms with Crippen molar-refractivity contribution in [2.45, 2.75) is 65.2 Å². The molecule has 32 heavy (non-hydrogen) atoms. The van der Waals surface area contributed by atoms with Crippen molar-refractivity contribution in [3.05, 3.63) is 41.5 Å². The SMILES string of the molecule is Cc1cccc(N2CCN(CC3C(=O)O[C@@H]4CC5=CCC[C@@H](C)[C@@]5(C)[C@@H](O)[C@H]34)CC2C)c1. The summed E-state index contributed by atoms with van der Waals surface area (Å²) in [5.74, 6) is -0.0217. The zero-order valence-electron chi connectivity index (χ0n) is 20.0. The zero-order valence-corrected chi connectivity index (χ0v) is 20.0. The van der Waals surface area contributed by atoms with Crippen LogP contribution in [-0.4, -0.2) is 60.4 Å². The summed E-state index contributed by atoms with van der Waals surface area (Å²) in [7, 11) is 0. The molecule has 0 bridgehead atoms. The van der Waals surface area contributed by atoms with Crippen LogP contribution in [0.15, 0.2) is 35.9 Å². The number of esters is 1. The van der Waals surface area contributed by atoms with Crippen molar-refractivity contribution < 1.29 is 14.6 Å². The Morgan fingerprint density at radius 1 is 1.25 bits per heavy atom. The van der Waals surface area contributed by atoms with E-state index in [0.717, 1.165) is 38.9 Å². The van der Waals surface area contributed by atoms with Crippen LogP contribution in [0.25, 0.3) is 0 Å². The Labute approximate surface area is 192 Å². The predicted octanol–water partition coefficient (Wildman–Crippen LogP) is 3.79. The van der Waals surface area contributed by atoms with Crippen molar-refractivity contribution in [2.24, 2.45) is 23.2 Å². The summed E-state index contributed by atoms with van der Waals surface area (Å²) in [6.07, 6.45) is 4.57. The molecule has 3 fully saturated rings. The van der Waals surface area contributed by atoms with Crippen LogP contribution in [0.3, 0.4) is 0 Å². The lowest BCUT2D eigenvalue weighted by Crippen LogP contribution is -2.56. The zero-order chi connectivity index (χ0) is 22.6. The average molecular weight is 439 g/mol. The highest BCUT2D eigenvalue weighted by atomic mass is 16.6. The summed E-state index contributed by atoms with van der Waals surface area (Å²) >= 11 is 0. The Kier molecular flexibility index (Phi) is 5.61. The number of aliphatic hydroxyl groups excluding tert-OH is 1. The van der Waals surface area contributed by atoms with Gasteiger partial charge in [-0.2, -0.15) is 0 Å². The van der Waals surface area contributed by atoms with Crippen molar-refractivity contribution in [1.29, 1.82) is 0 Å². The molecule has 4 aliphatic rings. The molecule has 174 valence electrons. The van der Waals surface area contributed by atoms with Gasteiger partial charge in [0, 0.05) is 55.7 Å². The number of allylic oxidation sites excluding steroid dienone is 1. The predicted molar refractivity (Wildman–Crippen MR) is 126 cm³/mol. The highest BCUT2D eigenvalue weighted by molar-refractivity contribution is 5.76. The van der Waals surface area contributed by atoms with Gasteiger partial charge in [-0.15, -0.1) is 0 Å². The topological polar surface area (TPSA) is 53.0 Å². The smallest absolute Gasteiger partial charge is 0.311 e. The molecule has 2 saturated heterocycles. The number of hydrogen-bond acceptors (Lipinski definition) is 5. The van der Waals surface area contributed by atoms with Crippen molar-refractivity contribution in [3.8, 4) is 0 Å². The summed E-state index contributed by atoms with van der Waals surface area (Å²) in [6, 6.07) is 9.07. The Balaban J connectivity index is 1.30. The third-order valence-electron chi connectivity index (χ3n) is 9.07. The van der Waals surface area contributed by atoms with Gasteiger partial charge in [0.05, 0.1) is 12.0 Å². The van der Waals surface area contributed by atoms with Crippen molar-refractivity contribution in [3.63, 3.8) is 0 Å². The number of piperazine rings is 1. The number of ether oxygens (including phenoxy) is 1. The quantitative estimate of drug-likeness (QED) is 0.575. The van der Waals surface area contributed by atoms with Gasteiger partial charge in [0.15, 0.2) is 0 Å². The molecule has 5 heteroatoms. The van der Waals surface area contributed by atoms with Crippen LogP contribution in [0.4, 0.5) is 5.69 Å². The molecule has 7 atom stereocenters. The number of aryl methyl sites for hydroxylation is 1. The van der Waals surface area contributed by atoms with Crippen LogP contribution in [0.2, 0.25) is 0 Å². The van der Waals surface area contributed by atoms with Gasteiger partial charge in [-0.25, -0.2) is 0 Å². The van der Waals surface area contributed by atoms with Crippen LogP contribution in [0, 0.1) is 30.1 Å². The second-order valence-electron chi connectivity index (χ2n) is 10.9. The molecule has 0 radical (unpaired) electrons. The lowest BCUT2D eigenvalue weighted by Gasteiger charge is -2.52. The third kappa shape index (κ3) is 3.49. The number of fused-ring (bicyclic) bond motifs is 2. The van der Waals surface area contributed by atoms with Gasteiger partial charge in [-0.05, 0) is 50.3 Å². The molecule has 0 amide bonds. The number of aliphatic hydroxyl groups is 1. The minimum atomic E-state index is -0.523. The van der Waals surface area contributed by atoms with E-state index in [-0.39, 0.29) is 29.3 Å². The molecule has 2 aliphatic heterocycles. The van der Waals surface area contributed by atoms with Gasteiger partial charge in [0.2, 0.25) is 0 Å². The Morgan fingerprint density at radius 2 is 2.06 bits per heavy atom. The highest BCUT2D eigenvalue weighted by Crippen LogP contribution is 2.56. The van der Waals surface area contributed by atoms with Crippen LogP contribution in [0.5, 0.6) is 0 Å². The monoisotopic (exact) mass is 438 g/mol. The molecular weight excluding hydrogens is 400 g/mol. The van der Waals surface area contributed by atoms with Gasteiger partial charge < -0.3 is 14.7 Å². The lowest BCUT2D eigenvalue weighted by molar-refractivity contribution is -0.145. The summed E-state index contributed by atoms with van der Waals surface area (Å²) in [6.45, 7) is 12.4. The number of hydrogen-bond donors (Lipinski definition) is 1. The molecule has 2 aliphatic carbocycles. The van der Waals surface area contributed by atoms with Gasteiger partial charge in [0.25, 0.3) is 0 Å². The first kappa shape index (κ1) is 22.0. The number of benzene rings is 1. The number of nitrogens with zero attached hydrogens (tertiary/aromatic N) is 2. The van der Waals surface area contributed by atoms with E-state index < -0.39 is 6.10 Å². The second-order valence-corrected chi connectivity index (χ2v) is 10.9. The second kappa shape index (κ2) is 8.18. The van der Waals surface area contributed by atoms with Crippen molar-refractivity contribution >= 4 is 11.7 Å². The Bertz CT molecular complexity index is 914. The fraction of sp³-hybridized carbons (Fsp3) is 0.667. The van der Waals surface area contributed by atoms with Crippen molar-refractivity contribution in [2.75, 3.05) is 31.1 Å². The van der Waals surface area contributed by atoms with Gasteiger partial charge in [-0.3, -0.25) is 9.69 Å². The van der Waals surface area contributed by atoms with E-state index in [9.17, 15) is 9.90 Å². The molecular formula is C27H38N2O3. The molecule has 1 aromatic carbocycles. The molecule has 2 heterocycles. The standard InChI is InChI=1S/C27H38N2O3/c1-17-7-5-10-21(13-17)29-12-11-28(15-19(29)3)16-22-24-23(32-26(22)31)14-20-9-6-8-18(2)27(20,4)25(24)30/h5,7,9-10,13,18-19,22-25,30H,6,8,11-12,14-16H2,1-4H3/t18-,19?,22?,23-,24-,25+,27-/m1/s1. The van der Waals surface area contributed by atoms with Crippen LogP contribution < -0.4 is 4.90 Å². The maximum absolute atomic E-state index is 13.0. The summed E-state index contributed by atoms with van der Waals surface area (Å²) < 4.78 is 5.87. The van der Waals surface area contributed by atoms with E-state index >= 15 is 0 Å². The minimum Gasteiger partial charge on any atom is -0.461 e. The highest BCUT2D eigenvalue weighted by Gasteiger charge is 2.59. The fourth-order valence-corrected chi connectivity index (χ4v) is 6.94. The Morgan fingerprint density at radius 3 is 2.81 bits per heavy atom. The van der Waals surface area contributed by atoms with Crippen LogP contribution in [-0.2, 0) is 9.53 Å². The van der Waals surface area contributed by atoms with E-state index in [1.807, 2.05) is 0 Å². The molecule has 0 aromatic heterocycles. The molecule has 2 unspecified atom stereocenters. The summed E-state index contributed by atoms with van der Waals surface area (Å²) in [4.78, 5) is 17.8.